The normalized spacial score (nSPS) is 10.9. The number of carbonyl (C=O) groups is 2. The van der Waals surface area contributed by atoms with Crippen molar-refractivity contribution < 1.29 is 14.0 Å². The summed E-state index contributed by atoms with van der Waals surface area (Å²) in [5, 5.41) is 8.53. The number of likely N-dealkylation sites (N-methyl/N-ethyl adjacent to an activating group) is 1. The number of hydrogen-bond acceptors (Lipinski definition) is 5. The quantitative estimate of drug-likeness (QED) is 0.432. The molecule has 0 bridgehead atoms. The summed E-state index contributed by atoms with van der Waals surface area (Å²) in [4.78, 5) is 26.3. The van der Waals surface area contributed by atoms with Gasteiger partial charge in [-0.25, -0.2) is 0 Å². The van der Waals surface area contributed by atoms with Crippen LogP contribution in [0.1, 0.15) is 30.0 Å². The van der Waals surface area contributed by atoms with Crippen molar-refractivity contribution >= 4 is 40.9 Å². The number of benzene rings is 1. The molecule has 1 aromatic carbocycles. The average Bonchev–Trinajstić information content (AvgIpc) is 3.23. The Morgan fingerprint density at radius 1 is 1.14 bits per heavy atom. The number of hydrogen-bond donors (Lipinski definition) is 3. The lowest BCUT2D eigenvalue weighted by Crippen LogP contribution is -2.34. The van der Waals surface area contributed by atoms with Crippen LogP contribution in [-0.2, 0) is 4.79 Å². The molecular weight excluding hydrogens is 388 g/mol. The summed E-state index contributed by atoms with van der Waals surface area (Å²) in [5.74, 6) is 0.0794. The zero-order valence-corrected chi connectivity index (χ0v) is 17.4. The lowest BCUT2D eigenvalue weighted by molar-refractivity contribution is -0.115. The molecule has 0 saturated heterocycles. The van der Waals surface area contributed by atoms with Crippen LogP contribution in [0, 0.1) is 0 Å². The minimum Gasteiger partial charge on any atom is -0.465 e. The second-order valence-corrected chi connectivity index (χ2v) is 6.56. The molecule has 154 valence electrons. The molecule has 0 aliphatic rings. The Morgan fingerprint density at radius 2 is 1.86 bits per heavy atom. The maximum atomic E-state index is 12.2. The molecule has 1 aromatic heterocycles. The van der Waals surface area contributed by atoms with Crippen LogP contribution < -0.4 is 16.0 Å². The fourth-order valence-corrected chi connectivity index (χ4v) is 2.75. The maximum Gasteiger partial charge on any atom is 0.251 e. The number of carbonyl (C=O) groups excluding carboxylic acids is 2. The third-order valence-electron chi connectivity index (χ3n) is 4.19. The number of amides is 2. The maximum absolute atomic E-state index is 12.2. The second kappa shape index (κ2) is 11.8. The van der Waals surface area contributed by atoms with Crippen LogP contribution in [0.3, 0.4) is 0 Å². The van der Waals surface area contributed by atoms with E-state index in [1.807, 2.05) is 0 Å². The van der Waals surface area contributed by atoms with E-state index in [0.717, 1.165) is 19.6 Å². The van der Waals surface area contributed by atoms with Crippen LogP contribution in [0.5, 0.6) is 0 Å². The van der Waals surface area contributed by atoms with E-state index in [-0.39, 0.29) is 16.9 Å². The van der Waals surface area contributed by atoms with Gasteiger partial charge in [0, 0.05) is 30.4 Å². The summed E-state index contributed by atoms with van der Waals surface area (Å²) in [6.45, 7) is 7.53. The van der Waals surface area contributed by atoms with Gasteiger partial charge in [0.1, 0.15) is 5.76 Å². The van der Waals surface area contributed by atoms with Gasteiger partial charge in [0.25, 0.3) is 5.91 Å². The molecule has 2 amide bonds. The molecule has 3 N–H and O–H groups in total. The van der Waals surface area contributed by atoms with Crippen molar-refractivity contribution in [3.63, 3.8) is 0 Å². The molecule has 0 saturated carbocycles. The molecule has 0 radical (unpaired) electrons. The van der Waals surface area contributed by atoms with E-state index in [4.69, 9.17) is 16.6 Å². The average molecular weight is 415 g/mol. The van der Waals surface area contributed by atoms with Gasteiger partial charge >= 0.3 is 0 Å². The predicted molar refractivity (Wildman–Crippen MR) is 119 cm³/mol. The first-order valence-corrected chi connectivity index (χ1v) is 9.86. The van der Waals surface area contributed by atoms with Crippen molar-refractivity contribution in [2.24, 2.45) is 0 Å². The van der Waals surface area contributed by atoms with Crippen LogP contribution >= 0.6 is 12.2 Å². The molecule has 29 heavy (non-hydrogen) atoms. The van der Waals surface area contributed by atoms with E-state index in [9.17, 15) is 9.59 Å². The highest BCUT2D eigenvalue weighted by atomic mass is 32.1. The van der Waals surface area contributed by atoms with Gasteiger partial charge in [0.05, 0.1) is 6.26 Å². The van der Waals surface area contributed by atoms with E-state index in [0.29, 0.717) is 23.6 Å². The third kappa shape index (κ3) is 7.89. The number of anilines is 1. The summed E-state index contributed by atoms with van der Waals surface area (Å²) in [5.41, 5.74) is 1.23. The number of nitrogens with zero attached hydrogens (tertiary/aromatic N) is 1. The topological polar surface area (TPSA) is 86.6 Å². The van der Waals surface area contributed by atoms with E-state index in [1.54, 1.807) is 42.5 Å². The Kier molecular flexibility index (Phi) is 9.07. The Morgan fingerprint density at radius 3 is 2.48 bits per heavy atom. The van der Waals surface area contributed by atoms with Crippen molar-refractivity contribution in [2.45, 2.75) is 13.8 Å². The SMILES string of the molecule is CCN(CC)CCNC(=O)c1ccc(NC(=S)NC(=O)/C=C/c2ccco2)cc1. The minimum atomic E-state index is -0.372. The van der Waals surface area contributed by atoms with Crippen molar-refractivity contribution in [3.05, 3.63) is 60.1 Å². The predicted octanol–water partition coefficient (Wildman–Crippen LogP) is 2.88. The molecule has 1 heterocycles. The molecule has 2 rings (SSSR count). The van der Waals surface area contributed by atoms with Crippen LogP contribution in [0.2, 0.25) is 0 Å². The van der Waals surface area contributed by atoms with Crippen LogP contribution in [-0.4, -0.2) is 48.0 Å². The molecule has 0 spiro atoms. The Balaban J connectivity index is 1.78. The van der Waals surface area contributed by atoms with Crippen molar-refractivity contribution in [2.75, 3.05) is 31.5 Å². The van der Waals surface area contributed by atoms with E-state index >= 15 is 0 Å². The highest BCUT2D eigenvalue weighted by Gasteiger charge is 2.07. The van der Waals surface area contributed by atoms with Gasteiger partial charge in [-0.05, 0) is 67.8 Å². The molecule has 0 fully saturated rings. The fourth-order valence-electron chi connectivity index (χ4n) is 2.53. The summed E-state index contributed by atoms with van der Waals surface area (Å²) < 4.78 is 5.11. The van der Waals surface area contributed by atoms with Gasteiger partial charge in [0.2, 0.25) is 5.91 Å². The number of rotatable bonds is 9. The zero-order valence-electron chi connectivity index (χ0n) is 16.6. The van der Waals surface area contributed by atoms with Gasteiger partial charge in [-0.3, -0.25) is 14.9 Å². The van der Waals surface area contributed by atoms with Crippen LogP contribution in [0.4, 0.5) is 5.69 Å². The molecule has 7 nitrogen and oxygen atoms in total. The monoisotopic (exact) mass is 414 g/mol. The summed E-state index contributed by atoms with van der Waals surface area (Å²) >= 11 is 5.13. The molecule has 8 heteroatoms. The molecule has 0 aliphatic carbocycles. The zero-order chi connectivity index (χ0) is 21.1. The van der Waals surface area contributed by atoms with Crippen molar-refractivity contribution in [1.29, 1.82) is 0 Å². The number of furan rings is 1. The first-order valence-electron chi connectivity index (χ1n) is 9.46. The minimum absolute atomic E-state index is 0.123. The Hall–Kier alpha value is -2.97. The summed E-state index contributed by atoms with van der Waals surface area (Å²) in [7, 11) is 0. The van der Waals surface area contributed by atoms with Crippen molar-refractivity contribution in [1.82, 2.24) is 15.5 Å². The number of thiocarbonyl (C=S) groups is 1. The smallest absolute Gasteiger partial charge is 0.251 e. The molecule has 0 unspecified atom stereocenters. The number of nitrogens with one attached hydrogen (secondary N) is 3. The van der Waals surface area contributed by atoms with Crippen molar-refractivity contribution in [3.8, 4) is 0 Å². The van der Waals surface area contributed by atoms with Gasteiger partial charge in [-0.15, -0.1) is 0 Å². The third-order valence-corrected chi connectivity index (χ3v) is 4.40. The molecule has 0 atom stereocenters. The van der Waals surface area contributed by atoms with Gasteiger partial charge in [-0.2, -0.15) is 0 Å². The highest BCUT2D eigenvalue weighted by molar-refractivity contribution is 7.80. The highest BCUT2D eigenvalue weighted by Crippen LogP contribution is 2.09. The summed E-state index contributed by atoms with van der Waals surface area (Å²) in [6.07, 6.45) is 4.41. The van der Waals surface area contributed by atoms with E-state index in [2.05, 4.69) is 34.7 Å². The first-order chi connectivity index (χ1) is 14.0. The second-order valence-electron chi connectivity index (χ2n) is 6.15. The summed E-state index contributed by atoms with van der Waals surface area (Å²) in [6, 6.07) is 10.3. The van der Waals surface area contributed by atoms with Gasteiger partial charge in [-0.1, -0.05) is 13.8 Å². The molecule has 0 aliphatic heterocycles. The largest absolute Gasteiger partial charge is 0.465 e. The van der Waals surface area contributed by atoms with Crippen LogP contribution in [0.15, 0.2) is 53.2 Å². The van der Waals surface area contributed by atoms with E-state index < -0.39 is 0 Å². The first kappa shape index (κ1) is 22.3. The lowest BCUT2D eigenvalue weighted by atomic mass is 10.2. The molecule has 2 aromatic rings. The van der Waals surface area contributed by atoms with Crippen LogP contribution in [0.25, 0.3) is 6.08 Å². The fraction of sp³-hybridized carbons (Fsp3) is 0.286. The molecular formula is C21H26N4O3S. The standard InChI is InChI=1S/C21H26N4O3S/c1-3-25(4-2)14-13-22-20(27)16-7-9-17(10-8-16)23-21(29)24-19(26)12-11-18-6-5-15-28-18/h5-12,15H,3-4,13-14H2,1-2H3,(H,22,27)(H2,23,24,26,29)/b12-11+. The van der Waals surface area contributed by atoms with E-state index in [1.165, 1.54) is 12.3 Å². The van der Waals surface area contributed by atoms with Gasteiger partial charge in [0.15, 0.2) is 5.11 Å². The Bertz CT molecular complexity index is 828. The Labute approximate surface area is 176 Å². The van der Waals surface area contributed by atoms with Gasteiger partial charge < -0.3 is 20.0 Å². The lowest BCUT2D eigenvalue weighted by Gasteiger charge is -2.18.